The van der Waals surface area contributed by atoms with Crippen molar-refractivity contribution in [2.24, 2.45) is 0 Å². The van der Waals surface area contributed by atoms with Gasteiger partial charge in [0.25, 0.3) is 5.91 Å². The van der Waals surface area contributed by atoms with Crippen molar-refractivity contribution < 1.29 is 18.7 Å². The second-order valence-corrected chi connectivity index (χ2v) is 6.43. The Morgan fingerprint density at radius 1 is 1.19 bits per heavy atom. The minimum absolute atomic E-state index is 0.0920. The van der Waals surface area contributed by atoms with Gasteiger partial charge in [-0.2, -0.15) is 0 Å². The summed E-state index contributed by atoms with van der Waals surface area (Å²) in [5, 5.41) is 2.87. The third-order valence-corrected chi connectivity index (χ3v) is 4.55. The molecule has 0 saturated carbocycles. The molecule has 1 atom stereocenters. The predicted octanol–water partition coefficient (Wildman–Crippen LogP) is 3.14. The first kappa shape index (κ1) is 19.2. The van der Waals surface area contributed by atoms with Gasteiger partial charge in [-0.05, 0) is 36.2 Å². The van der Waals surface area contributed by atoms with E-state index in [4.69, 9.17) is 9.47 Å². The van der Waals surface area contributed by atoms with Crippen LogP contribution in [0.4, 0.5) is 10.1 Å². The second kappa shape index (κ2) is 9.37. The van der Waals surface area contributed by atoms with Crippen LogP contribution in [0, 0.1) is 5.82 Å². The average Bonchev–Trinajstić information content (AvgIpc) is 2.72. The van der Waals surface area contributed by atoms with Gasteiger partial charge < -0.3 is 19.7 Å². The zero-order chi connectivity index (χ0) is 19.1. The number of para-hydroxylation sites is 1. The highest BCUT2D eigenvalue weighted by atomic mass is 19.1. The van der Waals surface area contributed by atoms with Gasteiger partial charge in [0, 0.05) is 25.3 Å². The molecule has 1 saturated heterocycles. The first-order valence-electron chi connectivity index (χ1n) is 9.28. The zero-order valence-corrected chi connectivity index (χ0v) is 15.5. The van der Waals surface area contributed by atoms with Crippen molar-refractivity contribution in [3.63, 3.8) is 0 Å². The van der Waals surface area contributed by atoms with Crippen LogP contribution in [0.2, 0.25) is 0 Å². The van der Waals surface area contributed by atoms with Crippen LogP contribution in [0.1, 0.15) is 18.9 Å². The maximum absolute atomic E-state index is 13.7. The van der Waals surface area contributed by atoms with Crippen molar-refractivity contribution in [3.8, 4) is 5.75 Å². The lowest BCUT2D eigenvalue weighted by Crippen LogP contribution is -2.37. The van der Waals surface area contributed by atoms with Crippen molar-refractivity contribution in [2.75, 3.05) is 31.2 Å². The van der Waals surface area contributed by atoms with Gasteiger partial charge in [0.05, 0.1) is 13.2 Å². The highest BCUT2D eigenvalue weighted by molar-refractivity contribution is 5.81. The lowest BCUT2D eigenvalue weighted by Gasteiger charge is -2.29. The Balaban J connectivity index is 1.53. The monoisotopic (exact) mass is 372 g/mol. The van der Waals surface area contributed by atoms with E-state index in [2.05, 4.69) is 22.3 Å². The van der Waals surface area contributed by atoms with E-state index in [1.165, 1.54) is 12.1 Å². The molecule has 0 aliphatic carbocycles. The van der Waals surface area contributed by atoms with Crippen molar-refractivity contribution in [1.82, 2.24) is 5.32 Å². The number of carbonyl (C=O) groups is 1. The van der Waals surface area contributed by atoms with Gasteiger partial charge in [0.15, 0.2) is 17.7 Å². The highest BCUT2D eigenvalue weighted by Gasteiger charge is 2.19. The number of benzene rings is 2. The summed E-state index contributed by atoms with van der Waals surface area (Å²) in [4.78, 5) is 14.7. The van der Waals surface area contributed by atoms with Crippen LogP contribution >= 0.6 is 0 Å². The van der Waals surface area contributed by atoms with E-state index in [1.807, 2.05) is 19.1 Å². The summed E-state index contributed by atoms with van der Waals surface area (Å²) in [7, 11) is 0. The highest BCUT2D eigenvalue weighted by Crippen LogP contribution is 2.19. The van der Waals surface area contributed by atoms with Crippen LogP contribution < -0.4 is 15.0 Å². The molecule has 144 valence electrons. The summed E-state index contributed by atoms with van der Waals surface area (Å²) in [5.74, 6) is -0.630. The number of nitrogens with zero attached hydrogens (tertiary/aromatic N) is 1. The first-order valence-corrected chi connectivity index (χ1v) is 9.28. The second-order valence-electron chi connectivity index (χ2n) is 6.43. The van der Waals surface area contributed by atoms with Gasteiger partial charge in [-0.15, -0.1) is 0 Å². The molecule has 3 rings (SSSR count). The standard InChI is InChI=1S/C21H25FN2O3/c1-2-19(27-20-6-4-3-5-18(20)22)21(25)23-15-16-7-9-17(10-8-16)24-11-13-26-14-12-24/h3-10,19H,2,11-15H2,1H3,(H,23,25)/t19-/m0/s1. The minimum atomic E-state index is -0.727. The van der Waals surface area contributed by atoms with Gasteiger partial charge >= 0.3 is 0 Å². The molecule has 1 fully saturated rings. The molecule has 0 aromatic heterocycles. The van der Waals surface area contributed by atoms with Crippen molar-refractivity contribution >= 4 is 11.6 Å². The van der Waals surface area contributed by atoms with Crippen LogP contribution in [-0.4, -0.2) is 38.3 Å². The van der Waals surface area contributed by atoms with Gasteiger partial charge in [0.1, 0.15) is 0 Å². The molecule has 5 nitrogen and oxygen atoms in total. The minimum Gasteiger partial charge on any atom is -0.478 e. The Labute approximate surface area is 159 Å². The lowest BCUT2D eigenvalue weighted by atomic mass is 10.1. The van der Waals surface area contributed by atoms with Crippen molar-refractivity contribution in [3.05, 3.63) is 59.9 Å². The Morgan fingerprint density at radius 2 is 1.89 bits per heavy atom. The van der Waals surface area contributed by atoms with Crippen molar-refractivity contribution in [2.45, 2.75) is 26.0 Å². The number of rotatable bonds is 7. The van der Waals surface area contributed by atoms with Crippen LogP contribution in [0.5, 0.6) is 5.75 Å². The van der Waals surface area contributed by atoms with E-state index in [1.54, 1.807) is 12.1 Å². The predicted molar refractivity (Wildman–Crippen MR) is 102 cm³/mol. The summed E-state index contributed by atoms with van der Waals surface area (Å²) < 4.78 is 24.6. The molecule has 0 radical (unpaired) electrons. The number of ether oxygens (including phenoxy) is 2. The molecule has 2 aromatic rings. The molecule has 1 N–H and O–H groups in total. The maximum Gasteiger partial charge on any atom is 0.261 e. The number of nitrogens with one attached hydrogen (secondary N) is 1. The number of morpholine rings is 1. The molecule has 1 heterocycles. The van der Waals surface area contributed by atoms with Gasteiger partial charge in [-0.1, -0.05) is 31.2 Å². The molecule has 0 bridgehead atoms. The number of anilines is 1. The van der Waals surface area contributed by atoms with E-state index < -0.39 is 11.9 Å². The molecule has 6 heteroatoms. The van der Waals surface area contributed by atoms with E-state index in [0.29, 0.717) is 13.0 Å². The lowest BCUT2D eigenvalue weighted by molar-refractivity contribution is -0.128. The fourth-order valence-electron chi connectivity index (χ4n) is 2.96. The number of hydrogen-bond acceptors (Lipinski definition) is 4. The normalized spacial score (nSPS) is 15.3. The topological polar surface area (TPSA) is 50.8 Å². The van der Waals surface area contributed by atoms with Crippen molar-refractivity contribution in [1.29, 1.82) is 0 Å². The van der Waals surface area contributed by atoms with E-state index in [9.17, 15) is 9.18 Å². The molecular formula is C21H25FN2O3. The van der Waals surface area contributed by atoms with E-state index in [0.717, 1.165) is 37.6 Å². The number of carbonyl (C=O) groups excluding carboxylic acids is 1. The third kappa shape index (κ3) is 5.20. The molecule has 2 aromatic carbocycles. The maximum atomic E-state index is 13.7. The summed E-state index contributed by atoms with van der Waals surface area (Å²) >= 11 is 0. The number of halogens is 1. The number of hydrogen-bond donors (Lipinski definition) is 1. The van der Waals surface area contributed by atoms with Gasteiger partial charge in [-0.25, -0.2) is 4.39 Å². The Kier molecular flexibility index (Phi) is 6.65. The van der Waals surface area contributed by atoms with E-state index in [-0.39, 0.29) is 11.7 Å². The first-order chi connectivity index (χ1) is 13.2. The molecule has 1 amide bonds. The Bertz CT molecular complexity index is 745. The SMILES string of the molecule is CC[C@H](Oc1ccccc1F)C(=O)NCc1ccc(N2CCOCC2)cc1. The quantitative estimate of drug-likeness (QED) is 0.811. The molecule has 1 aliphatic rings. The Hall–Kier alpha value is -2.60. The van der Waals surface area contributed by atoms with E-state index >= 15 is 0 Å². The van der Waals surface area contributed by atoms with Gasteiger partial charge in [0.2, 0.25) is 0 Å². The van der Waals surface area contributed by atoms with Gasteiger partial charge in [-0.3, -0.25) is 4.79 Å². The smallest absolute Gasteiger partial charge is 0.261 e. The molecule has 1 aliphatic heterocycles. The molecule has 0 spiro atoms. The Morgan fingerprint density at radius 3 is 2.56 bits per heavy atom. The van der Waals surface area contributed by atoms with Crippen LogP contribution in [0.25, 0.3) is 0 Å². The molecule has 27 heavy (non-hydrogen) atoms. The number of amides is 1. The summed E-state index contributed by atoms with van der Waals surface area (Å²) in [6.45, 7) is 5.52. The summed E-state index contributed by atoms with van der Waals surface area (Å²) in [5.41, 5.74) is 2.16. The average molecular weight is 372 g/mol. The molecular weight excluding hydrogens is 347 g/mol. The fourth-order valence-corrected chi connectivity index (χ4v) is 2.96. The van der Waals surface area contributed by atoms with Crippen LogP contribution in [-0.2, 0) is 16.1 Å². The summed E-state index contributed by atoms with van der Waals surface area (Å²) in [6.07, 6.45) is -0.273. The largest absolute Gasteiger partial charge is 0.478 e. The summed E-state index contributed by atoms with van der Waals surface area (Å²) in [6, 6.07) is 14.2. The molecule has 0 unspecified atom stereocenters. The third-order valence-electron chi connectivity index (χ3n) is 4.55. The van der Waals surface area contributed by atoms with Crippen LogP contribution in [0.3, 0.4) is 0 Å². The van der Waals surface area contributed by atoms with Crippen LogP contribution in [0.15, 0.2) is 48.5 Å². The zero-order valence-electron chi connectivity index (χ0n) is 15.5. The fraction of sp³-hybridized carbons (Fsp3) is 0.381.